The smallest absolute Gasteiger partial charge is 0.387 e. The second-order valence-corrected chi connectivity index (χ2v) is 9.69. The van der Waals surface area contributed by atoms with Crippen molar-refractivity contribution in [3.8, 4) is 5.75 Å². The predicted molar refractivity (Wildman–Crippen MR) is 60.8 cm³/mol. The molecule has 0 aromatic heterocycles. The minimum absolute atomic E-state index is 0.270. The number of hydrogen-bond acceptors (Lipinski definition) is 1. The molecule has 0 aliphatic heterocycles. The van der Waals surface area contributed by atoms with Crippen molar-refractivity contribution in [2.75, 3.05) is 0 Å². The van der Waals surface area contributed by atoms with E-state index in [1.165, 1.54) is 5.19 Å². The zero-order chi connectivity index (χ0) is 11.6. The van der Waals surface area contributed by atoms with Crippen LogP contribution in [0.3, 0.4) is 0 Å². The summed E-state index contributed by atoms with van der Waals surface area (Å²) in [5.74, 6) is 0.270. The van der Waals surface area contributed by atoms with E-state index in [1.807, 2.05) is 12.1 Å². The molecule has 15 heavy (non-hydrogen) atoms. The summed E-state index contributed by atoms with van der Waals surface area (Å²) >= 11 is 0. The van der Waals surface area contributed by atoms with Gasteiger partial charge >= 0.3 is 6.61 Å². The largest absolute Gasteiger partial charge is 0.435 e. The van der Waals surface area contributed by atoms with Crippen molar-refractivity contribution >= 4 is 13.3 Å². The van der Waals surface area contributed by atoms with Crippen molar-refractivity contribution in [1.29, 1.82) is 0 Å². The molecule has 0 atom stereocenters. The molecule has 0 fully saturated rings. The molecule has 4 heteroatoms. The quantitative estimate of drug-likeness (QED) is 0.725. The number of aryl methyl sites for hydroxylation is 1. The predicted octanol–water partition coefficient (Wildman–Crippen LogP) is 3.14. The van der Waals surface area contributed by atoms with Gasteiger partial charge in [0.25, 0.3) is 0 Å². The molecule has 0 radical (unpaired) electrons. The van der Waals surface area contributed by atoms with Crippen LogP contribution in [-0.2, 0) is 0 Å². The first-order valence-corrected chi connectivity index (χ1v) is 8.36. The average Bonchev–Trinajstić information content (AvgIpc) is 2.05. The van der Waals surface area contributed by atoms with Crippen molar-refractivity contribution in [3.63, 3.8) is 0 Å². The second kappa shape index (κ2) is 4.31. The monoisotopic (exact) mass is 230 g/mol. The lowest BCUT2D eigenvalue weighted by Gasteiger charge is -2.18. The lowest BCUT2D eigenvalue weighted by Crippen LogP contribution is -2.37. The highest BCUT2D eigenvalue weighted by Gasteiger charge is 2.17. The van der Waals surface area contributed by atoms with E-state index in [0.29, 0.717) is 0 Å². The molecule has 0 saturated heterocycles. The Morgan fingerprint density at radius 3 is 2.20 bits per heavy atom. The number of halogens is 2. The summed E-state index contributed by atoms with van der Waals surface area (Å²) in [6, 6.07) is 5.47. The van der Waals surface area contributed by atoms with E-state index in [-0.39, 0.29) is 5.75 Å². The molecule has 1 aromatic rings. The zero-order valence-electron chi connectivity index (χ0n) is 9.47. The van der Waals surface area contributed by atoms with Crippen molar-refractivity contribution in [3.05, 3.63) is 23.8 Å². The fraction of sp³-hybridized carbons (Fsp3) is 0.455. The normalized spacial score (nSPS) is 11.9. The van der Waals surface area contributed by atoms with E-state index in [2.05, 4.69) is 24.4 Å². The summed E-state index contributed by atoms with van der Waals surface area (Å²) in [7, 11) is -1.37. The molecule has 0 bridgehead atoms. The van der Waals surface area contributed by atoms with Gasteiger partial charge in [0.2, 0.25) is 0 Å². The number of alkyl halides is 2. The van der Waals surface area contributed by atoms with Crippen LogP contribution in [0.4, 0.5) is 8.78 Å². The van der Waals surface area contributed by atoms with E-state index >= 15 is 0 Å². The minimum atomic E-state index is -2.75. The molecule has 1 rings (SSSR count). The van der Waals surface area contributed by atoms with Crippen LogP contribution in [-0.4, -0.2) is 14.7 Å². The van der Waals surface area contributed by atoms with Gasteiger partial charge in [-0.25, -0.2) is 0 Å². The van der Waals surface area contributed by atoms with Crippen molar-refractivity contribution < 1.29 is 13.5 Å². The number of benzene rings is 1. The van der Waals surface area contributed by atoms with Crippen molar-refractivity contribution in [2.45, 2.75) is 33.2 Å². The lowest BCUT2D eigenvalue weighted by molar-refractivity contribution is -0.0502. The van der Waals surface area contributed by atoms with Crippen LogP contribution in [0.1, 0.15) is 5.56 Å². The summed E-state index contributed by atoms with van der Waals surface area (Å²) < 4.78 is 28.4. The molecular weight excluding hydrogens is 214 g/mol. The van der Waals surface area contributed by atoms with Gasteiger partial charge in [0.1, 0.15) is 5.75 Å². The van der Waals surface area contributed by atoms with E-state index in [1.54, 1.807) is 13.0 Å². The van der Waals surface area contributed by atoms with Gasteiger partial charge in [-0.3, -0.25) is 0 Å². The Hall–Kier alpha value is -0.903. The highest BCUT2D eigenvalue weighted by Crippen LogP contribution is 2.19. The fourth-order valence-corrected chi connectivity index (χ4v) is 2.58. The highest BCUT2D eigenvalue weighted by molar-refractivity contribution is 6.88. The SMILES string of the molecule is Cc1cc([Si](C)(C)C)ccc1OC(F)F. The van der Waals surface area contributed by atoms with Crippen molar-refractivity contribution in [1.82, 2.24) is 0 Å². The Morgan fingerprint density at radius 2 is 1.80 bits per heavy atom. The third kappa shape index (κ3) is 3.30. The Bertz CT molecular complexity index is 345. The first-order chi connectivity index (χ1) is 6.80. The summed E-state index contributed by atoms with van der Waals surface area (Å²) in [5.41, 5.74) is 0.773. The third-order valence-corrected chi connectivity index (χ3v) is 4.30. The molecule has 0 heterocycles. The molecular formula is C11H16F2OSi. The van der Waals surface area contributed by atoms with Crippen LogP contribution < -0.4 is 9.92 Å². The van der Waals surface area contributed by atoms with Crippen LogP contribution in [0.2, 0.25) is 19.6 Å². The number of hydrogen-bond donors (Lipinski definition) is 0. The average molecular weight is 230 g/mol. The molecule has 1 nitrogen and oxygen atoms in total. The number of ether oxygens (including phenoxy) is 1. The van der Waals surface area contributed by atoms with Gasteiger partial charge in [-0.05, 0) is 18.6 Å². The zero-order valence-corrected chi connectivity index (χ0v) is 10.5. The molecule has 0 aliphatic rings. The fourth-order valence-electron chi connectivity index (χ4n) is 1.34. The Kier molecular flexibility index (Phi) is 3.49. The maximum atomic E-state index is 12.0. The van der Waals surface area contributed by atoms with Crippen LogP contribution >= 0.6 is 0 Å². The molecule has 0 aliphatic carbocycles. The second-order valence-electron chi connectivity index (χ2n) is 4.61. The highest BCUT2D eigenvalue weighted by atomic mass is 28.3. The van der Waals surface area contributed by atoms with Crippen molar-refractivity contribution in [2.24, 2.45) is 0 Å². The Balaban J connectivity index is 2.98. The van der Waals surface area contributed by atoms with Crippen LogP contribution in [0.15, 0.2) is 18.2 Å². The van der Waals surface area contributed by atoms with Gasteiger partial charge in [0.05, 0.1) is 8.07 Å². The summed E-state index contributed by atoms with van der Waals surface area (Å²) in [4.78, 5) is 0. The number of rotatable bonds is 3. The maximum absolute atomic E-state index is 12.0. The maximum Gasteiger partial charge on any atom is 0.387 e. The van der Waals surface area contributed by atoms with E-state index in [0.717, 1.165) is 5.56 Å². The van der Waals surface area contributed by atoms with E-state index in [9.17, 15) is 8.78 Å². The van der Waals surface area contributed by atoms with Gasteiger partial charge in [-0.15, -0.1) is 0 Å². The van der Waals surface area contributed by atoms with Gasteiger partial charge < -0.3 is 4.74 Å². The molecule has 0 spiro atoms. The molecule has 0 amide bonds. The minimum Gasteiger partial charge on any atom is -0.435 e. The molecule has 84 valence electrons. The summed E-state index contributed by atoms with van der Waals surface area (Å²) in [5, 5.41) is 1.25. The van der Waals surface area contributed by atoms with Gasteiger partial charge in [-0.2, -0.15) is 8.78 Å². The Labute approximate surface area is 90.1 Å². The lowest BCUT2D eigenvalue weighted by atomic mass is 10.2. The van der Waals surface area contributed by atoms with Gasteiger partial charge in [0, 0.05) is 0 Å². The standard InChI is InChI=1S/C11H16F2OSi/c1-8-7-9(15(2,3)4)5-6-10(8)14-11(12)13/h5-7,11H,1-4H3. The molecule has 0 N–H and O–H groups in total. The molecule has 0 unspecified atom stereocenters. The van der Waals surface area contributed by atoms with Crippen LogP contribution in [0, 0.1) is 6.92 Å². The Morgan fingerprint density at radius 1 is 1.20 bits per heavy atom. The molecule has 0 saturated carbocycles. The van der Waals surface area contributed by atoms with Gasteiger partial charge in [0.15, 0.2) is 0 Å². The first kappa shape index (κ1) is 12.2. The topological polar surface area (TPSA) is 9.23 Å². The molecule has 1 aromatic carbocycles. The summed E-state index contributed by atoms with van der Waals surface area (Å²) in [6.45, 7) is 5.70. The van der Waals surface area contributed by atoms with E-state index in [4.69, 9.17) is 0 Å². The van der Waals surface area contributed by atoms with E-state index < -0.39 is 14.7 Å². The van der Waals surface area contributed by atoms with Crippen LogP contribution in [0.5, 0.6) is 5.75 Å². The van der Waals surface area contributed by atoms with Crippen LogP contribution in [0.25, 0.3) is 0 Å². The summed E-state index contributed by atoms with van der Waals surface area (Å²) in [6.07, 6.45) is 0. The third-order valence-electron chi connectivity index (χ3n) is 2.26. The first-order valence-electron chi connectivity index (χ1n) is 4.86. The van der Waals surface area contributed by atoms with Gasteiger partial charge in [-0.1, -0.05) is 37.0 Å².